The standard InChI is InChI=1S/C17H31NO/c1-14(2)8-7-9-15(3)18-13-12-17(19)16-10-5-4-6-11-16/h12-16,18H,4-11H2,1-3H3/b13-12+. The highest BCUT2D eigenvalue weighted by Crippen LogP contribution is 2.24. The van der Waals surface area contributed by atoms with Crippen LogP contribution in [-0.2, 0) is 4.79 Å². The lowest BCUT2D eigenvalue weighted by atomic mass is 9.86. The Labute approximate surface area is 119 Å². The number of carbonyl (C=O) groups is 1. The number of hydrogen-bond donors (Lipinski definition) is 1. The van der Waals surface area contributed by atoms with E-state index in [1.54, 1.807) is 6.08 Å². The van der Waals surface area contributed by atoms with Crippen LogP contribution in [0.15, 0.2) is 12.3 Å². The quantitative estimate of drug-likeness (QED) is 0.657. The lowest BCUT2D eigenvalue weighted by Gasteiger charge is -2.18. The zero-order valence-corrected chi connectivity index (χ0v) is 13.0. The molecule has 0 aliphatic heterocycles. The predicted octanol–water partition coefficient (Wildman–Crippen LogP) is 4.45. The minimum atomic E-state index is 0.294. The average Bonchev–Trinajstić information content (AvgIpc) is 2.39. The molecule has 1 aliphatic rings. The van der Waals surface area contributed by atoms with Crippen LogP contribution in [0.5, 0.6) is 0 Å². The number of allylic oxidation sites excluding steroid dienone is 1. The molecule has 19 heavy (non-hydrogen) atoms. The highest BCUT2D eigenvalue weighted by molar-refractivity contribution is 5.91. The zero-order valence-electron chi connectivity index (χ0n) is 13.0. The van der Waals surface area contributed by atoms with Gasteiger partial charge < -0.3 is 5.32 Å². The van der Waals surface area contributed by atoms with Crippen molar-refractivity contribution in [2.75, 3.05) is 0 Å². The summed E-state index contributed by atoms with van der Waals surface area (Å²) >= 11 is 0. The van der Waals surface area contributed by atoms with Crippen molar-refractivity contribution in [1.82, 2.24) is 5.32 Å². The lowest BCUT2D eigenvalue weighted by molar-refractivity contribution is -0.119. The van der Waals surface area contributed by atoms with Crippen LogP contribution in [0.1, 0.15) is 72.1 Å². The van der Waals surface area contributed by atoms with Crippen LogP contribution in [0.2, 0.25) is 0 Å². The van der Waals surface area contributed by atoms with Crippen molar-refractivity contribution in [3.05, 3.63) is 12.3 Å². The molecule has 0 aromatic carbocycles. The molecular weight excluding hydrogens is 234 g/mol. The van der Waals surface area contributed by atoms with Crippen LogP contribution >= 0.6 is 0 Å². The topological polar surface area (TPSA) is 29.1 Å². The molecule has 0 aromatic heterocycles. The maximum Gasteiger partial charge on any atom is 0.160 e. The van der Waals surface area contributed by atoms with E-state index in [1.165, 1.54) is 38.5 Å². The molecule has 1 unspecified atom stereocenters. The molecule has 0 aromatic rings. The van der Waals surface area contributed by atoms with E-state index in [0.717, 1.165) is 18.8 Å². The van der Waals surface area contributed by atoms with E-state index in [2.05, 4.69) is 26.1 Å². The van der Waals surface area contributed by atoms with Crippen LogP contribution in [0.25, 0.3) is 0 Å². The van der Waals surface area contributed by atoms with Crippen molar-refractivity contribution < 1.29 is 4.79 Å². The minimum Gasteiger partial charge on any atom is -0.388 e. The van der Waals surface area contributed by atoms with Crippen molar-refractivity contribution in [2.24, 2.45) is 11.8 Å². The van der Waals surface area contributed by atoms with Gasteiger partial charge in [0.2, 0.25) is 0 Å². The maximum atomic E-state index is 12.0. The molecule has 0 heterocycles. The summed E-state index contributed by atoms with van der Waals surface area (Å²) in [5.74, 6) is 1.40. The molecule has 0 saturated heterocycles. The SMILES string of the molecule is CC(C)CCCC(C)N/C=C/C(=O)C1CCCCC1. The van der Waals surface area contributed by atoms with Gasteiger partial charge in [-0.2, -0.15) is 0 Å². The van der Waals surface area contributed by atoms with Gasteiger partial charge in [-0.3, -0.25) is 4.79 Å². The summed E-state index contributed by atoms with van der Waals surface area (Å²) < 4.78 is 0. The van der Waals surface area contributed by atoms with Gasteiger partial charge >= 0.3 is 0 Å². The monoisotopic (exact) mass is 265 g/mol. The number of carbonyl (C=O) groups excluding carboxylic acids is 1. The van der Waals surface area contributed by atoms with Gasteiger partial charge in [-0.05, 0) is 38.2 Å². The highest BCUT2D eigenvalue weighted by atomic mass is 16.1. The average molecular weight is 265 g/mol. The van der Waals surface area contributed by atoms with Gasteiger partial charge in [-0.15, -0.1) is 0 Å². The van der Waals surface area contributed by atoms with E-state index in [9.17, 15) is 4.79 Å². The number of hydrogen-bond acceptors (Lipinski definition) is 2. The molecule has 0 spiro atoms. The van der Waals surface area contributed by atoms with Crippen LogP contribution < -0.4 is 5.32 Å². The first-order valence-corrected chi connectivity index (χ1v) is 8.06. The van der Waals surface area contributed by atoms with Crippen molar-refractivity contribution in [1.29, 1.82) is 0 Å². The Morgan fingerprint density at radius 1 is 1.16 bits per heavy atom. The molecular formula is C17H31NO. The Morgan fingerprint density at radius 3 is 2.47 bits per heavy atom. The second-order valence-electron chi connectivity index (χ2n) is 6.46. The predicted molar refractivity (Wildman–Crippen MR) is 82.0 cm³/mol. The van der Waals surface area contributed by atoms with E-state index in [1.807, 2.05) is 6.20 Å². The van der Waals surface area contributed by atoms with Crippen molar-refractivity contribution in [3.8, 4) is 0 Å². The molecule has 1 fully saturated rings. The summed E-state index contributed by atoms with van der Waals surface area (Å²) in [5.41, 5.74) is 0. The second-order valence-corrected chi connectivity index (χ2v) is 6.46. The Kier molecular flexibility index (Phi) is 7.85. The van der Waals surface area contributed by atoms with Gasteiger partial charge in [0, 0.05) is 18.2 Å². The number of nitrogens with one attached hydrogen (secondary N) is 1. The molecule has 1 N–H and O–H groups in total. The summed E-state index contributed by atoms with van der Waals surface area (Å²) in [4.78, 5) is 12.0. The first-order chi connectivity index (χ1) is 9.09. The van der Waals surface area contributed by atoms with E-state index >= 15 is 0 Å². The molecule has 1 saturated carbocycles. The van der Waals surface area contributed by atoms with Gasteiger partial charge in [-0.1, -0.05) is 46.0 Å². The second kappa shape index (κ2) is 9.17. The molecule has 110 valence electrons. The highest BCUT2D eigenvalue weighted by Gasteiger charge is 2.18. The Balaban J connectivity index is 2.15. The van der Waals surface area contributed by atoms with Crippen LogP contribution in [0.4, 0.5) is 0 Å². The third kappa shape index (κ3) is 7.39. The Morgan fingerprint density at radius 2 is 1.84 bits per heavy atom. The molecule has 1 aliphatic carbocycles. The van der Waals surface area contributed by atoms with Gasteiger partial charge in [0.15, 0.2) is 5.78 Å². The molecule has 2 nitrogen and oxygen atoms in total. The fraction of sp³-hybridized carbons (Fsp3) is 0.824. The third-order valence-corrected chi connectivity index (χ3v) is 4.05. The van der Waals surface area contributed by atoms with E-state index in [4.69, 9.17) is 0 Å². The fourth-order valence-electron chi connectivity index (χ4n) is 2.73. The molecule has 0 radical (unpaired) electrons. The minimum absolute atomic E-state index is 0.294. The number of rotatable bonds is 8. The molecule has 1 rings (SSSR count). The van der Waals surface area contributed by atoms with Crippen molar-refractivity contribution in [3.63, 3.8) is 0 Å². The summed E-state index contributed by atoms with van der Waals surface area (Å²) in [5, 5.41) is 3.32. The van der Waals surface area contributed by atoms with Crippen LogP contribution in [-0.4, -0.2) is 11.8 Å². The van der Waals surface area contributed by atoms with E-state index in [0.29, 0.717) is 17.7 Å². The first-order valence-electron chi connectivity index (χ1n) is 8.06. The smallest absolute Gasteiger partial charge is 0.160 e. The lowest BCUT2D eigenvalue weighted by Crippen LogP contribution is -2.21. The van der Waals surface area contributed by atoms with Crippen molar-refractivity contribution in [2.45, 2.75) is 78.2 Å². The molecule has 0 bridgehead atoms. The van der Waals surface area contributed by atoms with E-state index in [-0.39, 0.29) is 0 Å². The molecule has 1 atom stereocenters. The van der Waals surface area contributed by atoms with Crippen LogP contribution in [0.3, 0.4) is 0 Å². The molecule has 0 amide bonds. The van der Waals surface area contributed by atoms with Crippen molar-refractivity contribution >= 4 is 5.78 Å². The summed E-state index contributed by atoms with van der Waals surface area (Å²) in [7, 11) is 0. The van der Waals surface area contributed by atoms with E-state index < -0.39 is 0 Å². The number of ketones is 1. The summed E-state index contributed by atoms with van der Waals surface area (Å²) in [6.07, 6.45) is 13.3. The first kappa shape index (κ1) is 16.3. The largest absolute Gasteiger partial charge is 0.388 e. The molecule has 2 heteroatoms. The zero-order chi connectivity index (χ0) is 14.1. The normalized spacial score (nSPS) is 18.9. The Hall–Kier alpha value is -0.790. The van der Waals surface area contributed by atoms with Gasteiger partial charge in [-0.25, -0.2) is 0 Å². The van der Waals surface area contributed by atoms with Gasteiger partial charge in [0.25, 0.3) is 0 Å². The third-order valence-electron chi connectivity index (χ3n) is 4.05. The van der Waals surface area contributed by atoms with Gasteiger partial charge in [0.05, 0.1) is 0 Å². The van der Waals surface area contributed by atoms with Gasteiger partial charge in [0.1, 0.15) is 0 Å². The van der Waals surface area contributed by atoms with Crippen LogP contribution in [0, 0.1) is 11.8 Å². The maximum absolute atomic E-state index is 12.0. The Bertz CT molecular complexity index is 277. The fourth-order valence-corrected chi connectivity index (χ4v) is 2.73. The summed E-state index contributed by atoms with van der Waals surface area (Å²) in [6.45, 7) is 6.72. The summed E-state index contributed by atoms with van der Waals surface area (Å²) in [6, 6.07) is 0.467.